The Balaban J connectivity index is 1.61. The van der Waals surface area contributed by atoms with Crippen LogP contribution in [-0.2, 0) is 23.9 Å². The van der Waals surface area contributed by atoms with Crippen LogP contribution in [0.15, 0.2) is 23.8 Å². The molecule has 0 bridgehead atoms. The van der Waals surface area contributed by atoms with Crippen LogP contribution in [-0.4, -0.2) is 51.8 Å². The second-order valence-corrected chi connectivity index (χ2v) is 10.1. The van der Waals surface area contributed by atoms with Crippen LogP contribution in [0.3, 0.4) is 0 Å². The van der Waals surface area contributed by atoms with E-state index in [1.54, 1.807) is 12.2 Å². The standard InChI is InChI=1S/C25H32O7/c1-4-5-19-31-18-11-16-15-7-6-13-10-14(26)8-9-23(13,2)20(15)17(27)12-24(16,3)25(18,32-19)21(28)22(29)30/h8-10,15-20,27H,4-7,11-12H2,1-3H3,(H,29,30)/t15?,16?,17-,18+,19?,20?,23-,24-,25-/m0/s1/i1D3,4D2,5D2,19D. The summed E-state index contributed by atoms with van der Waals surface area (Å²) in [6, 6.07) is 0. The first kappa shape index (κ1) is 14.4. The Morgan fingerprint density at radius 3 is 2.91 bits per heavy atom. The number of carbonyl (C=O) groups is 3. The zero-order chi connectivity index (χ0) is 30.1. The fourth-order valence-electron chi connectivity index (χ4n) is 7.63. The van der Waals surface area contributed by atoms with Crippen LogP contribution in [0, 0.1) is 28.6 Å². The number of aliphatic hydroxyl groups excluding tert-OH is 1. The topological polar surface area (TPSA) is 110 Å². The molecule has 0 amide bonds. The summed E-state index contributed by atoms with van der Waals surface area (Å²) in [5, 5.41) is 21.5. The number of carboxylic acid groups (broad SMARTS) is 1. The molecule has 5 rings (SSSR count). The van der Waals surface area contributed by atoms with Gasteiger partial charge in [0.15, 0.2) is 17.7 Å². The molecule has 174 valence electrons. The molecule has 1 saturated heterocycles. The quantitative estimate of drug-likeness (QED) is 0.631. The molecular formula is C25H32O7. The minimum atomic E-state index is -3.68. The normalized spacial score (nSPS) is 56.3. The van der Waals surface area contributed by atoms with Crippen LogP contribution in [0.25, 0.3) is 0 Å². The minimum absolute atomic E-state index is 0.0609. The molecule has 4 aliphatic carbocycles. The van der Waals surface area contributed by atoms with E-state index in [4.69, 9.17) is 20.4 Å². The molecule has 9 atom stereocenters. The number of rotatable bonds is 4. The Hall–Kier alpha value is -1.83. The lowest BCUT2D eigenvalue weighted by molar-refractivity contribution is -0.201. The monoisotopic (exact) mass is 452 g/mol. The number of ether oxygens (including phenoxy) is 2. The molecule has 0 aromatic heterocycles. The largest absolute Gasteiger partial charge is 0.475 e. The SMILES string of the molecule is [2H]C([2H])([2H])C([2H])([2H])C([2H])([2H])C1([2H])O[C@@H]2CC3C4CCC5=CC(=O)C=C[C@]5(C)C4[C@@H](O)C[C@]3(C)[C@]2(C(=O)C(=O)O)O1. The van der Waals surface area contributed by atoms with Crippen LogP contribution in [0.1, 0.15) is 70.1 Å². The summed E-state index contributed by atoms with van der Waals surface area (Å²) in [5.41, 5.74) is -3.79. The lowest BCUT2D eigenvalue weighted by Crippen LogP contribution is -2.64. The van der Waals surface area contributed by atoms with E-state index in [1.165, 1.54) is 13.0 Å². The zero-order valence-electron chi connectivity index (χ0n) is 25.9. The van der Waals surface area contributed by atoms with Crippen LogP contribution in [0.2, 0.25) is 0 Å². The van der Waals surface area contributed by atoms with Gasteiger partial charge in [-0.15, -0.1) is 0 Å². The van der Waals surface area contributed by atoms with Crippen molar-refractivity contribution in [3.8, 4) is 0 Å². The summed E-state index contributed by atoms with van der Waals surface area (Å²) in [4.78, 5) is 37.7. The predicted molar refractivity (Wildman–Crippen MR) is 113 cm³/mol. The number of aliphatic hydroxyl groups is 1. The number of fused-ring (bicyclic) bond motifs is 7. The first-order valence-corrected chi connectivity index (χ1v) is 10.9. The molecule has 3 saturated carbocycles. The van der Waals surface area contributed by atoms with Gasteiger partial charge >= 0.3 is 5.97 Å². The van der Waals surface area contributed by atoms with Crippen molar-refractivity contribution in [2.75, 3.05) is 0 Å². The van der Waals surface area contributed by atoms with E-state index in [9.17, 15) is 24.6 Å². The highest BCUT2D eigenvalue weighted by atomic mass is 16.7. The number of aliphatic carboxylic acids is 1. The molecule has 1 heterocycles. The Morgan fingerprint density at radius 2 is 2.19 bits per heavy atom. The molecule has 4 fully saturated rings. The van der Waals surface area contributed by atoms with Crippen LogP contribution >= 0.6 is 0 Å². The molecule has 7 heteroatoms. The number of carbonyl (C=O) groups excluding carboxylic acids is 2. The summed E-state index contributed by atoms with van der Waals surface area (Å²) in [7, 11) is 0. The molecule has 0 aromatic rings. The van der Waals surface area contributed by atoms with Gasteiger partial charge in [-0.25, -0.2) is 4.79 Å². The van der Waals surface area contributed by atoms with E-state index in [2.05, 4.69) is 0 Å². The Bertz CT molecular complexity index is 1250. The molecule has 0 radical (unpaired) electrons. The van der Waals surface area contributed by atoms with Gasteiger partial charge in [-0.2, -0.15) is 0 Å². The van der Waals surface area contributed by atoms with E-state index in [-0.39, 0.29) is 24.5 Å². The number of allylic oxidation sites excluding steroid dienone is 4. The summed E-state index contributed by atoms with van der Waals surface area (Å²) in [6.07, 6.45) is -7.84. The molecular weight excluding hydrogens is 412 g/mol. The number of carboxylic acids is 1. The molecule has 0 spiro atoms. The Kier molecular flexibility index (Phi) is 3.19. The number of Topliss-reactive ketones (excluding diaryl/α,β-unsaturated/α-hetero) is 1. The second kappa shape index (κ2) is 7.08. The van der Waals surface area contributed by atoms with Gasteiger partial charge in [0.2, 0.25) is 0 Å². The van der Waals surface area contributed by atoms with Gasteiger partial charge < -0.3 is 19.7 Å². The van der Waals surface area contributed by atoms with Crippen LogP contribution < -0.4 is 0 Å². The van der Waals surface area contributed by atoms with E-state index >= 15 is 0 Å². The zero-order valence-corrected chi connectivity index (χ0v) is 17.9. The van der Waals surface area contributed by atoms with Gasteiger partial charge in [0.05, 0.1) is 13.6 Å². The maximum Gasteiger partial charge on any atom is 0.375 e. The van der Waals surface area contributed by atoms with Crippen molar-refractivity contribution in [1.29, 1.82) is 0 Å². The van der Waals surface area contributed by atoms with Gasteiger partial charge in [0.25, 0.3) is 5.78 Å². The molecule has 2 N–H and O–H groups in total. The minimum Gasteiger partial charge on any atom is -0.475 e. The smallest absolute Gasteiger partial charge is 0.375 e. The molecule has 5 aliphatic rings. The number of hydrogen-bond donors (Lipinski definition) is 2. The van der Waals surface area contributed by atoms with E-state index in [0.29, 0.717) is 12.8 Å². The molecule has 1 aliphatic heterocycles. The highest BCUT2D eigenvalue weighted by molar-refractivity contribution is 6.36. The fourth-order valence-corrected chi connectivity index (χ4v) is 7.63. The van der Waals surface area contributed by atoms with E-state index in [0.717, 1.165) is 5.57 Å². The average molecular weight is 453 g/mol. The molecule has 7 nitrogen and oxygen atoms in total. The summed E-state index contributed by atoms with van der Waals surface area (Å²) >= 11 is 0. The maximum atomic E-state index is 13.5. The van der Waals surface area contributed by atoms with Gasteiger partial charge in [-0.3, -0.25) is 9.59 Å². The van der Waals surface area contributed by atoms with Crippen molar-refractivity contribution >= 4 is 17.5 Å². The summed E-state index contributed by atoms with van der Waals surface area (Å²) in [5.74, 6) is -4.81. The third-order valence-corrected chi connectivity index (χ3v) is 8.85. The third-order valence-electron chi connectivity index (χ3n) is 8.85. The van der Waals surface area contributed by atoms with Crippen molar-refractivity contribution in [3.63, 3.8) is 0 Å². The number of hydrogen-bond acceptors (Lipinski definition) is 6. The first-order chi connectivity index (χ1) is 18.1. The van der Waals surface area contributed by atoms with Crippen molar-refractivity contribution in [1.82, 2.24) is 0 Å². The van der Waals surface area contributed by atoms with Gasteiger partial charge in [0, 0.05) is 26.3 Å². The molecule has 32 heavy (non-hydrogen) atoms. The predicted octanol–water partition coefficient (Wildman–Crippen LogP) is 2.81. The molecule has 4 unspecified atom stereocenters. The Morgan fingerprint density at radius 1 is 1.41 bits per heavy atom. The summed E-state index contributed by atoms with van der Waals surface area (Å²) in [6.45, 7) is -0.0993. The van der Waals surface area contributed by atoms with Gasteiger partial charge in [-0.05, 0) is 56.0 Å². The molecule has 0 aromatic carbocycles. The highest BCUT2D eigenvalue weighted by Gasteiger charge is 2.76. The van der Waals surface area contributed by atoms with Crippen molar-refractivity contribution < 1.29 is 45.0 Å². The average Bonchev–Trinajstić information content (AvgIpc) is 3.26. The summed E-state index contributed by atoms with van der Waals surface area (Å²) < 4.78 is 75.4. The van der Waals surface area contributed by atoms with Gasteiger partial charge in [-0.1, -0.05) is 38.7 Å². The van der Waals surface area contributed by atoms with E-state index in [1.807, 2.05) is 6.92 Å². The maximum absolute atomic E-state index is 13.5. The van der Waals surface area contributed by atoms with Crippen LogP contribution in [0.4, 0.5) is 0 Å². The Labute approximate surface area is 199 Å². The first-order valence-electron chi connectivity index (χ1n) is 14.9. The van der Waals surface area contributed by atoms with Crippen molar-refractivity contribution in [3.05, 3.63) is 23.8 Å². The lowest BCUT2D eigenvalue weighted by atomic mass is 9.46. The third kappa shape index (κ3) is 2.62. The second-order valence-electron chi connectivity index (χ2n) is 10.1. The van der Waals surface area contributed by atoms with E-state index < -0.39 is 78.1 Å². The fraction of sp³-hybridized carbons (Fsp3) is 0.720. The lowest BCUT2D eigenvalue weighted by Gasteiger charge is -2.59. The highest BCUT2D eigenvalue weighted by Crippen LogP contribution is 2.69. The van der Waals surface area contributed by atoms with Gasteiger partial charge in [0.1, 0.15) is 0 Å². The van der Waals surface area contributed by atoms with Crippen molar-refractivity contribution in [2.24, 2.45) is 28.6 Å². The van der Waals surface area contributed by atoms with Crippen molar-refractivity contribution in [2.45, 2.75) is 83.2 Å². The van der Waals surface area contributed by atoms with Crippen LogP contribution in [0.5, 0.6) is 0 Å². The number of ketones is 2.